The van der Waals surface area contributed by atoms with Crippen molar-refractivity contribution in [3.63, 3.8) is 0 Å². The van der Waals surface area contributed by atoms with Gasteiger partial charge < -0.3 is 14.2 Å². The number of hydrogen-bond acceptors (Lipinski definition) is 7. The van der Waals surface area contributed by atoms with Crippen molar-refractivity contribution in [2.75, 3.05) is 26.2 Å². The van der Waals surface area contributed by atoms with E-state index >= 15 is 0 Å². The molecule has 1 saturated heterocycles. The Morgan fingerprint density at radius 3 is 2.65 bits per heavy atom. The SMILES string of the molecule is O=C1N=C(N2CCN(C(=O)c3cc4ccccc4oc3=O)CC2)SC1=Cc1cccs1. The maximum absolute atomic E-state index is 12.9. The maximum Gasteiger partial charge on any atom is 0.349 e. The molecule has 156 valence electrons. The van der Waals surface area contributed by atoms with Crippen molar-refractivity contribution >= 4 is 57.1 Å². The van der Waals surface area contributed by atoms with E-state index in [0.29, 0.717) is 47.2 Å². The quantitative estimate of drug-likeness (QED) is 0.439. The number of thioether (sulfide) groups is 1. The van der Waals surface area contributed by atoms with Crippen molar-refractivity contribution in [3.8, 4) is 0 Å². The first-order valence-corrected chi connectivity index (χ1v) is 11.4. The molecule has 3 aromatic rings. The molecule has 0 spiro atoms. The lowest BCUT2D eigenvalue weighted by molar-refractivity contribution is -0.113. The van der Waals surface area contributed by atoms with Crippen LogP contribution in [0, 0.1) is 0 Å². The van der Waals surface area contributed by atoms with E-state index in [2.05, 4.69) is 4.99 Å². The molecule has 0 radical (unpaired) electrons. The molecule has 1 fully saturated rings. The predicted octanol–water partition coefficient (Wildman–Crippen LogP) is 3.28. The standard InChI is InChI=1S/C22H17N3O4S2/c26-19-18(13-15-5-3-11-30-15)31-22(23-19)25-9-7-24(8-10-25)20(27)16-12-14-4-1-2-6-17(14)29-21(16)28/h1-6,11-13H,7-10H2. The number of amidine groups is 1. The largest absolute Gasteiger partial charge is 0.422 e. The third kappa shape index (κ3) is 3.94. The van der Waals surface area contributed by atoms with Crippen molar-refractivity contribution < 1.29 is 14.0 Å². The average molecular weight is 452 g/mol. The molecule has 2 aliphatic heterocycles. The summed E-state index contributed by atoms with van der Waals surface area (Å²) in [4.78, 5) is 46.9. The summed E-state index contributed by atoms with van der Waals surface area (Å²) in [6.07, 6.45) is 1.85. The Kier molecular flexibility index (Phi) is 5.21. The van der Waals surface area contributed by atoms with Gasteiger partial charge in [-0.2, -0.15) is 4.99 Å². The smallest absolute Gasteiger partial charge is 0.349 e. The molecule has 2 aliphatic rings. The number of rotatable bonds is 2. The summed E-state index contributed by atoms with van der Waals surface area (Å²) in [5.41, 5.74) is -0.131. The minimum atomic E-state index is -0.629. The van der Waals surface area contributed by atoms with Crippen LogP contribution in [-0.2, 0) is 4.79 Å². The average Bonchev–Trinajstić information content (AvgIpc) is 3.43. The number of hydrogen-bond donors (Lipinski definition) is 0. The second-order valence-electron chi connectivity index (χ2n) is 7.09. The van der Waals surface area contributed by atoms with Crippen LogP contribution in [0.25, 0.3) is 17.0 Å². The molecule has 2 amide bonds. The summed E-state index contributed by atoms with van der Waals surface area (Å²) in [5.74, 6) is -0.574. The van der Waals surface area contributed by atoms with Crippen molar-refractivity contribution in [1.29, 1.82) is 0 Å². The van der Waals surface area contributed by atoms with Gasteiger partial charge in [-0.3, -0.25) is 9.59 Å². The summed E-state index contributed by atoms with van der Waals surface area (Å²) in [6.45, 7) is 1.94. The number of aliphatic imine (C=N–C) groups is 1. The minimum absolute atomic E-state index is 0.0380. The number of carbonyl (C=O) groups is 2. The van der Waals surface area contributed by atoms with Crippen molar-refractivity contribution in [3.05, 3.63) is 73.6 Å². The van der Waals surface area contributed by atoms with E-state index in [1.54, 1.807) is 40.5 Å². The maximum atomic E-state index is 12.9. The number of thiophene rings is 1. The molecule has 0 unspecified atom stereocenters. The lowest BCUT2D eigenvalue weighted by Gasteiger charge is -2.35. The summed E-state index contributed by atoms with van der Waals surface area (Å²) >= 11 is 2.93. The molecular formula is C22H17N3O4S2. The van der Waals surface area contributed by atoms with Crippen LogP contribution < -0.4 is 5.63 Å². The van der Waals surface area contributed by atoms with Crippen LogP contribution in [0.3, 0.4) is 0 Å². The van der Waals surface area contributed by atoms with Crippen molar-refractivity contribution in [2.45, 2.75) is 0 Å². The zero-order valence-electron chi connectivity index (χ0n) is 16.3. The molecule has 0 bridgehead atoms. The highest BCUT2D eigenvalue weighted by molar-refractivity contribution is 8.18. The topological polar surface area (TPSA) is 83.2 Å². The number of carbonyl (C=O) groups excluding carboxylic acids is 2. The molecule has 4 heterocycles. The van der Waals surface area contributed by atoms with Crippen LogP contribution >= 0.6 is 23.1 Å². The predicted molar refractivity (Wildman–Crippen MR) is 122 cm³/mol. The summed E-state index contributed by atoms with van der Waals surface area (Å²) in [7, 11) is 0. The number of para-hydroxylation sites is 1. The number of benzene rings is 1. The summed E-state index contributed by atoms with van der Waals surface area (Å²) in [6, 6.07) is 12.6. The first-order valence-electron chi connectivity index (χ1n) is 9.72. The van der Waals surface area contributed by atoms with E-state index < -0.39 is 5.63 Å². The minimum Gasteiger partial charge on any atom is -0.422 e. The highest BCUT2D eigenvalue weighted by Gasteiger charge is 2.30. The Balaban J connectivity index is 1.26. The fraction of sp³-hybridized carbons (Fsp3) is 0.182. The Morgan fingerprint density at radius 2 is 1.87 bits per heavy atom. The highest BCUT2D eigenvalue weighted by Crippen LogP contribution is 2.31. The molecule has 2 aromatic heterocycles. The fourth-order valence-corrected chi connectivity index (χ4v) is 5.21. The lowest BCUT2D eigenvalue weighted by atomic mass is 10.1. The van der Waals surface area contributed by atoms with Crippen molar-refractivity contribution in [2.24, 2.45) is 4.99 Å². The molecule has 0 saturated carbocycles. The number of fused-ring (bicyclic) bond motifs is 1. The first-order chi connectivity index (χ1) is 15.1. The second-order valence-corrected chi connectivity index (χ2v) is 9.08. The number of piperazine rings is 1. The highest BCUT2D eigenvalue weighted by atomic mass is 32.2. The molecule has 7 nitrogen and oxygen atoms in total. The number of amides is 2. The van der Waals surface area contributed by atoms with Crippen LogP contribution in [0.1, 0.15) is 15.2 Å². The molecule has 31 heavy (non-hydrogen) atoms. The Hall–Kier alpha value is -3.17. The van der Waals surface area contributed by atoms with Gasteiger partial charge >= 0.3 is 5.63 Å². The van der Waals surface area contributed by atoms with Gasteiger partial charge in [0.05, 0.1) is 4.91 Å². The third-order valence-electron chi connectivity index (χ3n) is 5.13. The second kappa shape index (κ2) is 8.16. The van der Waals surface area contributed by atoms with E-state index in [4.69, 9.17) is 4.42 Å². The van der Waals surface area contributed by atoms with E-state index in [9.17, 15) is 14.4 Å². The van der Waals surface area contributed by atoms with Gasteiger partial charge in [0.2, 0.25) is 0 Å². The third-order valence-corrected chi connectivity index (χ3v) is 7.00. The van der Waals surface area contributed by atoms with Crippen LogP contribution in [0.5, 0.6) is 0 Å². The van der Waals surface area contributed by atoms with Crippen LogP contribution in [0.2, 0.25) is 0 Å². The van der Waals surface area contributed by atoms with Gasteiger partial charge in [0.15, 0.2) is 5.17 Å². The normalized spacial score (nSPS) is 18.1. The van der Waals surface area contributed by atoms with Gasteiger partial charge in [0.1, 0.15) is 11.1 Å². The van der Waals surface area contributed by atoms with E-state index in [1.807, 2.05) is 34.6 Å². The summed E-state index contributed by atoms with van der Waals surface area (Å²) in [5, 5.41) is 3.33. The van der Waals surface area contributed by atoms with Crippen LogP contribution in [0.4, 0.5) is 0 Å². The molecule has 0 atom stereocenters. The van der Waals surface area contributed by atoms with Gasteiger partial charge in [-0.05, 0) is 41.4 Å². The Labute approximate surface area is 185 Å². The molecule has 0 aliphatic carbocycles. The van der Waals surface area contributed by atoms with Gasteiger partial charge in [-0.1, -0.05) is 24.3 Å². The van der Waals surface area contributed by atoms with Gasteiger partial charge in [-0.25, -0.2) is 4.79 Å². The van der Waals surface area contributed by atoms with Crippen molar-refractivity contribution in [1.82, 2.24) is 9.80 Å². The first kappa shape index (κ1) is 19.8. The monoisotopic (exact) mass is 451 g/mol. The zero-order chi connectivity index (χ0) is 21.4. The van der Waals surface area contributed by atoms with Gasteiger partial charge in [0, 0.05) is 36.4 Å². The Morgan fingerprint density at radius 1 is 1.06 bits per heavy atom. The van der Waals surface area contributed by atoms with Crippen LogP contribution in [-0.4, -0.2) is 53.0 Å². The van der Waals surface area contributed by atoms with Crippen LogP contribution in [0.15, 0.2) is 67.0 Å². The lowest BCUT2D eigenvalue weighted by Crippen LogP contribution is -2.50. The molecule has 0 N–H and O–H groups in total. The number of nitrogens with zero attached hydrogens (tertiary/aromatic N) is 3. The molecule has 9 heteroatoms. The van der Waals surface area contributed by atoms with E-state index in [0.717, 1.165) is 4.88 Å². The van der Waals surface area contributed by atoms with E-state index in [-0.39, 0.29) is 17.4 Å². The molecular weight excluding hydrogens is 434 g/mol. The van der Waals surface area contributed by atoms with E-state index in [1.165, 1.54) is 11.8 Å². The fourth-order valence-electron chi connectivity index (χ4n) is 3.52. The van der Waals surface area contributed by atoms with Gasteiger partial charge in [-0.15, -0.1) is 11.3 Å². The molecule has 1 aromatic carbocycles. The molecule has 5 rings (SSSR count). The summed E-state index contributed by atoms with van der Waals surface area (Å²) < 4.78 is 5.29. The Bertz CT molecular complexity index is 1290. The van der Waals surface area contributed by atoms with Gasteiger partial charge in [0.25, 0.3) is 11.8 Å². The zero-order valence-corrected chi connectivity index (χ0v) is 17.9.